The fourth-order valence-electron chi connectivity index (χ4n) is 1.88. The minimum Gasteiger partial charge on any atom is -0.372 e. The second kappa shape index (κ2) is 4.64. The normalized spacial score (nSPS) is 18.6. The van der Waals surface area contributed by atoms with Crippen LogP contribution in [0.4, 0.5) is 15.8 Å². The third kappa shape index (κ3) is 2.60. The number of benzene rings is 1. The van der Waals surface area contributed by atoms with E-state index in [-0.39, 0.29) is 17.8 Å². The van der Waals surface area contributed by atoms with Gasteiger partial charge in [-0.05, 0) is 34.3 Å². The molecule has 1 aromatic carbocycles. The van der Waals surface area contributed by atoms with Gasteiger partial charge in [-0.3, -0.25) is 4.79 Å². The topological polar surface area (TPSA) is 41.1 Å². The smallest absolute Gasteiger partial charge is 0.246 e. The van der Waals surface area contributed by atoms with Gasteiger partial charge in [0.2, 0.25) is 5.91 Å². The number of anilines is 2. The first-order valence-corrected chi connectivity index (χ1v) is 6.33. The fourth-order valence-corrected chi connectivity index (χ4v) is 2.22. The first-order chi connectivity index (χ1) is 7.97. The second-order valence-corrected chi connectivity index (χ2v) is 5.48. The molecule has 2 N–H and O–H groups in total. The standard InChI is InChI=1S/C12H14BrFN2O/c1-6(2)3-11-12(17)16-9-4-7(13)8(14)5-10(9)15-11/h4-6,11,15H,3H2,1-2H3,(H,16,17). The Kier molecular flexibility index (Phi) is 3.38. The molecule has 0 radical (unpaired) electrons. The van der Waals surface area contributed by atoms with E-state index < -0.39 is 0 Å². The van der Waals surface area contributed by atoms with E-state index in [2.05, 4.69) is 26.6 Å². The highest BCUT2D eigenvalue weighted by Gasteiger charge is 2.26. The summed E-state index contributed by atoms with van der Waals surface area (Å²) in [7, 11) is 0. The number of fused-ring (bicyclic) bond motifs is 1. The van der Waals surface area contributed by atoms with Gasteiger partial charge in [-0.1, -0.05) is 13.8 Å². The Balaban J connectivity index is 2.28. The molecular weight excluding hydrogens is 287 g/mol. The molecule has 3 nitrogen and oxygen atoms in total. The van der Waals surface area contributed by atoms with Crippen LogP contribution in [0.3, 0.4) is 0 Å². The van der Waals surface area contributed by atoms with Gasteiger partial charge in [-0.25, -0.2) is 4.39 Å². The van der Waals surface area contributed by atoms with Crippen LogP contribution in [-0.4, -0.2) is 11.9 Å². The average molecular weight is 301 g/mol. The van der Waals surface area contributed by atoms with Crippen molar-refractivity contribution in [2.75, 3.05) is 10.6 Å². The van der Waals surface area contributed by atoms with Crippen LogP contribution in [0.25, 0.3) is 0 Å². The summed E-state index contributed by atoms with van der Waals surface area (Å²) in [5.74, 6) is 0.000462. The van der Waals surface area contributed by atoms with Crippen molar-refractivity contribution in [3.8, 4) is 0 Å². The van der Waals surface area contributed by atoms with E-state index in [0.717, 1.165) is 6.42 Å². The van der Waals surface area contributed by atoms with Crippen molar-refractivity contribution in [2.24, 2.45) is 5.92 Å². The summed E-state index contributed by atoms with van der Waals surface area (Å²) < 4.78 is 13.7. The van der Waals surface area contributed by atoms with Crippen molar-refractivity contribution in [3.05, 3.63) is 22.4 Å². The van der Waals surface area contributed by atoms with Gasteiger partial charge in [-0.15, -0.1) is 0 Å². The SMILES string of the molecule is CC(C)CC1Nc2cc(F)c(Br)cc2NC1=O. The van der Waals surface area contributed by atoms with Crippen LogP contribution < -0.4 is 10.6 Å². The zero-order valence-electron chi connectivity index (χ0n) is 9.68. The van der Waals surface area contributed by atoms with Crippen LogP contribution in [-0.2, 0) is 4.79 Å². The van der Waals surface area contributed by atoms with E-state index in [0.29, 0.717) is 21.8 Å². The molecular formula is C12H14BrFN2O. The molecule has 0 saturated carbocycles. The highest BCUT2D eigenvalue weighted by molar-refractivity contribution is 9.10. The molecule has 0 fully saturated rings. The number of halogens is 2. The molecule has 5 heteroatoms. The lowest BCUT2D eigenvalue weighted by Crippen LogP contribution is -2.39. The van der Waals surface area contributed by atoms with E-state index in [1.807, 2.05) is 13.8 Å². The molecule has 0 spiro atoms. The van der Waals surface area contributed by atoms with Crippen molar-refractivity contribution >= 4 is 33.2 Å². The summed E-state index contributed by atoms with van der Waals surface area (Å²) in [5.41, 5.74) is 1.25. The first kappa shape index (κ1) is 12.4. The van der Waals surface area contributed by atoms with Crippen LogP contribution in [0.15, 0.2) is 16.6 Å². The molecule has 17 heavy (non-hydrogen) atoms. The lowest BCUT2D eigenvalue weighted by atomic mass is 10.0. The lowest BCUT2D eigenvalue weighted by Gasteiger charge is -2.28. The van der Waals surface area contributed by atoms with Crippen molar-refractivity contribution < 1.29 is 9.18 Å². The minimum atomic E-state index is -0.337. The van der Waals surface area contributed by atoms with E-state index in [1.165, 1.54) is 6.07 Å². The summed E-state index contributed by atoms with van der Waals surface area (Å²) >= 11 is 3.10. The molecule has 0 aromatic heterocycles. The highest BCUT2D eigenvalue weighted by Crippen LogP contribution is 2.32. The predicted octanol–water partition coefficient (Wildman–Crippen LogP) is 3.37. The number of nitrogens with one attached hydrogen (secondary N) is 2. The lowest BCUT2D eigenvalue weighted by molar-refractivity contribution is -0.117. The maximum Gasteiger partial charge on any atom is 0.246 e. The van der Waals surface area contributed by atoms with Gasteiger partial charge >= 0.3 is 0 Å². The Morgan fingerprint density at radius 1 is 1.41 bits per heavy atom. The maximum absolute atomic E-state index is 13.4. The van der Waals surface area contributed by atoms with Gasteiger partial charge in [0.25, 0.3) is 0 Å². The van der Waals surface area contributed by atoms with Crippen molar-refractivity contribution in [3.63, 3.8) is 0 Å². The van der Waals surface area contributed by atoms with E-state index in [4.69, 9.17) is 0 Å². The van der Waals surface area contributed by atoms with E-state index >= 15 is 0 Å². The predicted molar refractivity (Wildman–Crippen MR) is 69.6 cm³/mol. The molecule has 1 aromatic rings. The average Bonchev–Trinajstić information content (AvgIpc) is 2.22. The number of amides is 1. The maximum atomic E-state index is 13.4. The number of hydrogen-bond acceptors (Lipinski definition) is 2. The van der Waals surface area contributed by atoms with Crippen LogP contribution in [0, 0.1) is 11.7 Å². The monoisotopic (exact) mass is 300 g/mol. The molecule has 1 atom stereocenters. The van der Waals surface area contributed by atoms with Crippen molar-refractivity contribution in [2.45, 2.75) is 26.3 Å². The molecule has 1 unspecified atom stereocenters. The summed E-state index contributed by atoms with van der Waals surface area (Å²) in [6.45, 7) is 4.10. The summed E-state index contributed by atoms with van der Waals surface area (Å²) in [5, 5.41) is 5.86. The molecule has 1 amide bonds. The molecule has 92 valence electrons. The Hall–Kier alpha value is -1.10. The van der Waals surface area contributed by atoms with Crippen LogP contribution in [0.5, 0.6) is 0 Å². The molecule has 0 bridgehead atoms. The van der Waals surface area contributed by atoms with Gasteiger partial charge in [-0.2, -0.15) is 0 Å². The third-order valence-electron chi connectivity index (χ3n) is 2.67. The Labute approximate surface area is 108 Å². The molecule has 0 saturated heterocycles. The molecule has 2 rings (SSSR count). The van der Waals surface area contributed by atoms with Crippen LogP contribution in [0.1, 0.15) is 20.3 Å². The zero-order chi connectivity index (χ0) is 12.6. The van der Waals surface area contributed by atoms with Crippen molar-refractivity contribution in [1.82, 2.24) is 0 Å². The van der Waals surface area contributed by atoms with Crippen LogP contribution in [0.2, 0.25) is 0 Å². The Bertz CT molecular complexity index is 462. The number of hydrogen-bond donors (Lipinski definition) is 2. The number of carbonyl (C=O) groups is 1. The van der Waals surface area contributed by atoms with Gasteiger partial charge in [0.15, 0.2) is 0 Å². The van der Waals surface area contributed by atoms with E-state index in [1.54, 1.807) is 6.07 Å². The molecule has 1 aliphatic heterocycles. The summed E-state index contributed by atoms with van der Waals surface area (Å²) in [6.07, 6.45) is 0.725. The summed E-state index contributed by atoms with van der Waals surface area (Å²) in [6, 6.07) is 2.68. The second-order valence-electron chi connectivity index (χ2n) is 4.63. The summed E-state index contributed by atoms with van der Waals surface area (Å²) in [4.78, 5) is 11.8. The van der Waals surface area contributed by atoms with Gasteiger partial charge < -0.3 is 10.6 Å². The first-order valence-electron chi connectivity index (χ1n) is 5.54. The largest absolute Gasteiger partial charge is 0.372 e. The quantitative estimate of drug-likeness (QED) is 0.879. The fraction of sp³-hybridized carbons (Fsp3) is 0.417. The van der Waals surface area contributed by atoms with Gasteiger partial charge in [0.1, 0.15) is 11.9 Å². The molecule has 0 aliphatic carbocycles. The Morgan fingerprint density at radius 2 is 2.12 bits per heavy atom. The van der Waals surface area contributed by atoms with Crippen LogP contribution >= 0.6 is 15.9 Å². The number of carbonyl (C=O) groups excluding carboxylic acids is 1. The van der Waals surface area contributed by atoms with Gasteiger partial charge in [0.05, 0.1) is 15.8 Å². The molecule has 1 heterocycles. The third-order valence-corrected chi connectivity index (χ3v) is 3.28. The van der Waals surface area contributed by atoms with Gasteiger partial charge in [0, 0.05) is 6.07 Å². The van der Waals surface area contributed by atoms with Crippen molar-refractivity contribution in [1.29, 1.82) is 0 Å². The Morgan fingerprint density at radius 3 is 2.76 bits per heavy atom. The number of rotatable bonds is 2. The van der Waals surface area contributed by atoms with E-state index in [9.17, 15) is 9.18 Å². The minimum absolute atomic E-state index is 0.0651. The highest BCUT2D eigenvalue weighted by atomic mass is 79.9. The zero-order valence-corrected chi connectivity index (χ0v) is 11.3. The molecule has 1 aliphatic rings.